The van der Waals surface area contributed by atoms with Crippen molar-refractivity contribution in [3.8, 4) is 0 Å². The number of amides is 1. The number of hydrogen-bond donors (Lipinski definition) is 1. The summed E-state index contributed by atoms with van der Waals surface area (Å²) in [5.74, 6) is 0.237. The van der Waals surface area contributed by atoms with Gasteiger partial charge < -0.3 is 15.0 Å². The maximum atomic E-state index is 12.8. The summed E-state index contributed by atoms with van der Waals surface area (Å²) >= 11 is 0. The lowest BCUT2D eigenvalue weighted by Crippen LogP contribution is -2.53. The molecular weight excluding hydrogens is 458 g/mol. The van der Waals surface area contributed by atoms with Gasteiger partial charge >= 0.3 is 5.97 Å². The van der Waals surface area contributed by atoms with E-state index in [0.29, 0.717) is 24.3 Å². The van der Waals surface area contributed by atoms with E-state index >= 15 is 0 Å². The quantitative estimate of drug-likeness (QED) is 0.607. The second-order valence-corrected chi connectivity index (χ2v) is 11.3. The van der Waals surface area contributed by atoms with Crippen LogP contribution in [0.25, 0.3) is 0 Å². The molecule has 0 bridgehead atoms. The van der Waals surface area contributed by atoms with Crippen LogP contribution in [0.5, 0.6) is 0 Å². The molecule has 2 saturated heterocycles. The van der Waals surface area contributed by atoms with Gasteiger partial charge in [0.2, 0.25) is 5.91 Å². The van der Waals surface area contributed by atoms with Crippen molar-refractivity contribution in [3.05, 3.63) is 41.6 Å². The lowest BCUT2D eigenvalue weighted by Gasteiger charge is -2.40. The minimum atomic E-state index is -3.06. The smallest absolute Gasteiger partial charge is 0.337 e. The molecule has 2 aliphatic rings. The van der Waals surface area contributed by atoms with Gasteiger partial charge in [0.25, 0.3) is 0 Å². The number of anilines is 2. The van der Waals surface area contributed by atoms with Gasteiger partial charge in [0.05, 0.1) is 42.5 Å². The Morgan fingerprint density at radius 3 is 2.56 bits per heavy atom. The molecule has 0 spiro atoms. The third kappa shape index (κ3) is 5.41. The number of nitrogens with zero attached hydrogens (tertiary/aromatic N) is 4. The molecule has 2 unspecified atom stereocenters. The normalized spacial score (nSPS) is 22.5. The second kappa shape index (κ2) is 9.75. The average molecular weight is 490 g/mol. The highest BCUT2D eigenvalue weighted by atomic mass is 32.2. The number of hydrogen-bond acceptors (Lipinski definition) is 8. The number of aryl methyl sites for hydroxylation is 1. The van der Waals surface area contributed by atoms with Gasteiger partial charge in [-0.1, -0.05) is 0 Å². The number of rotatable bonds is 6. The highest BCUT2D eigenvalue weighted by Crippen LogP contribution is 2.27. The summed E-state index contributed by atoms with van der Waals surface area (Å²) in [4.78, 5) is 28.8. The first-order valence-electron chi connectivity index (χ1n) is 11.4. The molecule has 1 N–H and O–H groups in total. The SMILES string of the molecule is COC(=O)c1ccc(N2CCN(CC(=O)Nc3cc(C)nn3C3CCS(=O)(=O)C3)C(C)C2)cc1. The molecule has 2 atom stereocenters. The second-order valence-electron chi connectivity index (χ2n) is 9.02. The van der Waals surface area contributed by atoms with Crippen LogP contribution in [0.2, 0.25) is 0 Å². The summed E-state index contributed by atoms with van der Waals surface area (Å²) in [6.07, 6.45) is 0.506. The number of esters is 1. The van der Waals surface area contributed by atoms with Crippen LogP contribution in [0.4, 0.5) is 11.5 Å². The largest absolute Gasteiger partial charge is 0.465 e. The van der Waals surface area contributed by atoms with Gasteiger partial charge in [0.15, 0.2) is 9.84 Å². The third-order valence-electron chi connectivity index (χ3n) is 6.44. The molecule has 0 radical (unpaired) electrons. The molecule has 10 nitrogen and oxygen atoms in total. The number of carbonyl (C=O) groups excluding carboxylic acids is 2. The van der Waals surface area contributed by atoms with Gasteiger partial charge in [-0.2, -0.15) is 5.10 Å². The monoisotopic (exact) mass is 489 g/mol. The highest BCUT2D eigenvalue weighted by molar-refractivity contribution is 7.91. The number of aromatic nitrogens is 2. The van der Waals surface area contributed by atoms with E-state index in [1.165, 1.54) is 7.11 Å². The predicted octanol–water partition coefficient (Wildman–Crippen LogP) is 1.49. The maximum absolute atomic E-state index is 12.8. The van der Waals surface area contributed by atoms with Crippen molar-refractivity contribution in [2.45, 2.75) is 32.4 Å². The Morgan fingerprint density at radius 2 is 1.94 bits per heavy atom. The Labute approximate surface area is 199 Å². The molecule has 2 aromatic rings. The molecular formula is C23H31N5O5S. The first-order valence-corrected chi connectivity index (χ1v) is 13.2. The van der Waals surface area contributed by atoms with Crippen LogP contribution in [-0.2, 0) is 19.4 Å². The number of ether oxygens (including phenoxy) is 1. The molecule has 1 aromatic heterocycles. The predicted molar refractivity (Wildman–Crippen MR) is 129 cm³/mol. The van der Waals surface area contributed by atoms with E-state index in [9.17, 15) is 18.0 Å². The zero-order valence-electron chi connectivity index (χ0n) is 19.7. The molecule has 1 aromatic carbocycles. The van der Waals surface area contributed by atoms with E-state index in [-0.39, 0.29) is 42.0 Å². The summed E-state index contributed by atoms with van der Waals surface area (Å²) in [5, 5.41) is 7.36. The minimum Gasteiger partial charge on any atom is -0.465 e. The number of piperazine rings is 1. The number of benzene rings is 1. The lowest BCUT2D eigenvalue weighted by atomic mass is 10.1. The fourth-order valence-electron chi connectivity index (χ4n) is 4.61. The van der Waals surface area contributed by atoms with E-state index in [4.69, 9.17) is 4.74 Å². The van der Waals surface area contributed by atoms with Gasteiger partial charge in [-0.25, -0.2) is 17.9 Å². The molecule has 0 aliphatic carbocycles. The van der Waals surface area contributed by atoms with Crippen LogP contribution in [0, 0.1) is 6.92 Å². The van der Waals surface area contributed by atoms with Gasteiger partial charge in [-0.05, 0) is 44.5 Å². The standard InChI is InChI=1S/C23H31N5O5S/c1-16-12-21(28(25-16)20-8-11-34(31,32)15-20)24-22(29)14-26-9-10-27(13-17(26)2)19-6-4-18(5-7-19)23(30)33-3/h4-7,12,17,20H,8-11,13-15H2,1-3H3,(H,24,29). The summed E-state index contributed by atoms with van der Waals surface area (Å²) < 4.78 is 30.2. The molecule has 0 saturated carbocycles. The van der Waals surface area contributed by atoms with Gasteiger partial charge in [-0.15, -0.1) is 0 Å². The molecule has 34 heavy (non-hydrogen) atoms. The van der Waals surface area contributed by atoms with E-state index < -0.39 is 9.84 Å². The van der Waals surface area contributed by atoms with Crippen LogP contribution in [0.15, 0.2) is 30.3 Å². The average Bonchev–Trinajstić information content (AvgIpc) is 3.35. The Bertz CT molecular complexity index is 1160. The number of methoxy groups -OCH3 is 1. The first kappa shape index (κ1) is 24.2. The summed E-state index contributed by atoms with van der Waals surface area (Å²) in [7, 11) is -1.69. The first-order chi connectivity index (χ1) is 16.1. The van der Waals surface area contributed by atoms with Crippen molar-refractivity contribution in [1.82, 2.24) is 14.7 Å². The van der Waals surface area contributed by atoms with Crippen molar-refractivity contribution in [3.63, 3.8) is 0 Å². The fourth-order valence-corrected chi connectivity index (χ4v) is 6.31. The van der Waals surface area contributed by atoms with Gasteiger partial charge in [0, 0.05) is 37.4 Å². The topological polar surface area (TPSA) is 114 Å². The minimum absolute atomic E-state index is 0.0522. The highest BCUT2D eigenvalue weighted by Gasteiger charge is 2.32. The van der Waals surface area contributed by atoms with Gasteiger partial charge in [0.1, 0.15) is 5.82 Å². The van der Waals surface area contributed by atoms with Crippen LogP contribution < -0.4 is 10.2 Å². The van der Waals surface area contributed by atoms with E-state index in [0.717, 1.165) is 24.5 Å². The molecule has 184 valence electrons. The van der Waals surface area contributed by atoms with Crippen LogP contribution in [-0.4, -0.2) is 85.8 Å². The number of nitrogens with one attached hydrogen (secondary N) is 1. The summed E-state index contributed by atoms with van der Waals surface area (Å²) in [6, 6.07) is 9.01. The molecule has 1 amide bonds. The molecule has 11 heteroatoms. The molecule has 4 rings (SSSR count). The number of sulfone groups is 1. The van der Waals surface area contributed by atoms with E-state index in [2.05, 4.69) is 27.1 Å². The van der Waals surface area contributed by atoms with Crippen LogP contribution in [0.1, 0.15) is 35.4 Å². The van der Waals surface area contributed by atoms with E-state index in [1.807, 2.05) is 19.1 Å². The lowest BCUT2D eigenvalue weighted by molar-refractivity contribution is -0.118. The Morgan fingerprint density at radius 1 is 1.21 bits per heavy atom. The zero-order valence-corrected chi connectivity index (χ0v) is 20.5. The Hall–Kier alpha value is -2.92. The van der Waals surface area contributed by atoms with Crippen molar-refractivity contribution >= 4 is 33.2 Å². The Balaban J connectivity index is 1.34. The summed E-state index contributed by atoms with van der Waals surface area (Å²) in [5.41, 5.74) is 2.27. The van der Waals surface area contributed by atoms with Crippen molar-refractivity contribution in [2.75, 3.05) is 55.0 Å². The molecule has 2 fully saturated rings. The van der Waals surface area contributed by atoms with Crippen LogP contribution >= 0.6 is 0 Å². The van der Waals surface area contributed by atoms with Crippen molar-refractivity contribution in [2.24, 2.45) is 0 Å². The summed E-state index contributed by atoms with van der Waals surface area (Å²) in [6.45, 7) is 6.37. The molecule has 2 aliphatic heterocycles. The Kier molecular flexibility index (Phi) is 6.94. The maximum Gasteiger partial charge on any atom is 0.337 e. The third-order valence-corrected chi connectivity index (χ3v) is 8.20. The number of carbonyl (C=O) groups is 2. The van der Waals surface area contributed by atoms with Gasteiger partial charge in [-0.3, -0.25) is 9.69 Å². The van der Waals surface area contributed by atoms with Crippen LogP contribution in [0.3, 0.4) is 0 Å². The van der Waals surface area contributed by atoms with Crippen molar-refractivity contribution in [1.29, 1.82) is 0 Å². The zero-order chi connectivity index (χ0) is 24.5. The fraction of sp³-hybridized carbons (Fsp3) is 0.522. The van der Waals surface area contributed by atoms with E-state index in [1.54, 1.807) is 22.9 Å². The van der Waals surface area contributed by atoms with Crippen molar-refractivity contribution < 1.29 is 22.7 Å². The molecule has 3 heterocycles.